The normalized spacial score (nSPS) is 14.5. The van der Waals surface area contributed by atoms with Crippen LogP contribution in [0.1, 0.15) is 26.2 Å². The van der Waals surface area contributed by atoms with Crippen LogP contribution in [0, 0.1) is 0 Å². The summed E-state index contributed by atoms with van der Waals surface area (Å²) in [4.78, 5) is 3.52. The number of benzene rings is 2. The van der Waals surface area contributed by atoms with Gasteiger partial charge in [0.05, 0.1) is 0 Å². The third-order valence-corrected chi connectivity index (χ3v) is 5.80. The summed E-state index contributed by atoms with van der Waals surface area (Å²) in [5.74, 6) is 0.589. The zero-order valence-electron chi connectivity index (χ0n) is 16.6. The number of nitrogen functional groups attached to an aromatic ring is 1. The zero-order valence-corrected chi connectivity index (χ0v) is 17.4. The summed E-state index contributed by atoms with van der Waals surface area (Å²) in [6, 6.07) is 13.2. The minimum atomic E-state index is 0.195. The summed E-state index contributed by atoms with van der Waals surface area (Å²) in [5.41, 5.74) is 7.15. The van der Waals surface area contributed by atoms with E-state index in [0.717, 1.165) is 15.7 Å². The highest BCUT2D eigenvalue weighted by Crippen LogP contribution is 2.35. The molecule has 3 aromatic rings. The maximum absolute atomic E-state index is 10.2. The van der Waals surface area contributed by atoms with E-state index in [1.165, 1.54) is 38.9 Å². The Hall–Kier alpha value is -2.31. The molecule has 1 fully saturated rings. The van der Waals surface area contributed by atoms with Crippen LogP contribution in [-0.2, 0) is 0 Å². The fraction of sp³-hybridized carbons (Fsp3) is 0.364. The first kappa shape index (κ1) is 20.4. The molecule has 1 saturated heterocycles. The maximum atomic E-state index is 10.2. The fourth-order valence-corrected chi connectivity index (χ4v) is 3.87. The van der Waals surface area contributed by atoms with Gasteiger partial charge in [-0.1, -0.05) is 37.6 Å². The van der Waals surface area contributed by atoms with Crippen molar-refractivity contribution in [1.29, 1.82) is 0 Å². The summed E-state index contributed by atoms with van der Waals surface area (Å²) >= 11 is 1.58. The molecule has 2 aromatic carbocycles. The van der Waals surface area contributed by atoms with Gasteiger partial charge >= 0.3 is 0 Å². The lowest BCUT2D eigenvalue weighted by Crippen LogP contribution is -2.29. The average molecular weight is 397 g/mol. The van der Waals surface area contributed by atoms with E-state index >= 15 is 0 Å². The van der Waals surface area contributed by atoms with Gasteiger partial charge in [-0.15, -0.1) is 22.0 Å². The predicted molar refractivity (Wildman–Crippen MR) is 119 cm³/mol. The second-order valence-corrected chi connectivity index (χ2v) is 7.74. The number of fused-ring (bicyclic) bond motifs is 1. The number of aromatic hydroxyl groups is 1. The number of likely N-dealkylation sites (tertiary alicyclic amines) is 1. The Kier molecular flexibility index (Phi) is 7.12. The molecule has 0 spiro atoms. The first-order chi connectivity index (χ1) is 13.6. The number of phenols is 1. The number of hydrogen-bond acceptors (Lipinski definition) is 6. The van der Waals surface area contributed by atoms with Crippen molar-refractivity contribution in [2.45, 2.75) is 31.1 Å². The van der Waals surface area contributed by atoms with Crippen LogP contribution in [0.3, 0.4) is 0 Å². The SMILES string of the molecule is CCN1CCCCC1.CSc1ccc(-c2nnc(N)c3ccccc23)c(O)c1. The van der Waals surface area contributed by atoms with Crippen molar-refractivity contribution in [3.63, 3.8) is 0 Å². The van der Waals surface area contributed by atoms with Crippen LogP contribution in [0.2, 0.25) is 0 Å². The number of rotatable bonds is 3. The monoisotopic (exact) mass is 396 g/mol. The Morgan fingerprint density at radius 2 is 1.75 bits per heavy atom. The number of thioether (sulfide) groups is 1. The van der Waals surface area contributed by atoms with Crippen molar-refractivity contribution in [2.75, 3.05) is 31.6 Å². The number of phenolic OH excluding ortho intramolecular Hbond substituents is 1. The molecule has 1 aromatic heterocycles. The van der Waals surface area contributed by atoms with Crippen LogP contribution >= 0.6 is 11.8 Å². The van der Waals surface area contributed by atoms with Gasteiger partial charge in [0.15, 0.2) is 5.82 Å². The molecule has 2 heterocycles. The molecule has 4 rings (SSSR count). The third kappa shape index (κ3) is 4.75. The van der Waals surface area contributed by atoms with Crippen molar-refractivity contribution < 1.29 is 5.11 Å². The van der Waals surface area contributed by atoms with Gasteiger partial charge in [0, 0.05) is 21.2 Å². The minimum absolute atomic E-state index is 0.195. The molecular formula is C22H28N4OS. The lowest BCUT2D eigenvalue weighted by molar-refractivity contribution is 0.240. The number of anilines is 1. The zero-order chi connectivity index (χ0) is 19.9. The molecule has 0 bridgehead atoms. The van der Waals surface area contributed by atoms with Crippen molar-refractivity contribution in [3.8, 4) is 17.0 Å². The van der Waals surface area contributed by atoms with E-state index in [-0.39, 0.29) is 5.75 Å². The number of nitrogens with zero attached hydrogens (tertiary/aromatic N) is 3. The summed E-state index contributed by atoms with van der Waals surface area (Å²) < 4.78 is 0. The van der Waals surface area contributed by atoms with Crippen LogP contribution < -0.4 is 5.73 Å². The largest absolute Gasteiger partial charge is 0.507 e. The van der Waals surface area contributed by atoms with Gasteiger partial charge in [-0.3, -0.25) is 0 Å². The summed E-state index contributed by atoms with van der Waals surface area (Å²) in [6.45, 7) is 6.18. The van der Waals surface area contributed by atoms with E-state index in [1.54, 1.807) is 17.8 Å². The van der Waals surface area contributed by atoms with E-state index in [4.69, 9.17) is 5.73 Å². The smallest absolute Gasteiger partial charge is 0.154 e. The number of aromatic nitrogens is 2. The fourth-order valence-electron chi connectivity index (χ4n) is 3.44. The molecule has 148 valence electrons. The van der Waals surface area contributed by atoms with Crippen LogP contribution in [0.5, 0.6) is 5.75 Å². The second-order valence-electron chi connectivity index (χ2n) is 6.86. The van der Waals surface area contributed by atoms with Crippen LogP contribution in [0.25, 0.3) is 22.0 Å². The molecule has 0 saturated carbocycles. The molecule has 28 heavy (non-hydrogen) atoms. The van der Waals surface area contributed by atoms with E-state index in [1.807, 2.05) is 42.7 Å². The van der Waals surface area contributed by atoms with Gasteiger partial charge in [-0.2, -0.15) is 0 Å². The highest BCUT2D eigenvalue weighted by molar-refractivity contribution is 7.98. The van der Waals surface area contributed by atoms with Gasteiger partial charge in [-0.25, -0.2) is 0 Å². The molecule has 0 unspecified atom stereocenters. The van der Waals surface area contributed by atoms with Gasteiger partial charge in [0.2, 0.25) is 0 Å². The van der Waals surface area contributed by atoms with Crippen molar-refractivity contribution in [3.05, 3.63) is 42.5 Å². The molecule has 5 nitrogen and oxygen atoms in total. The van der Waals surface area contributed by atoms with Crippen LogP contribution in [-0.4, -0.2) is 46.1 Å². The van der Waals surface area contributed by atoms with E-state index in [0.29, 0.717) is 17.1 Å². The molecule has 1 aliphatic heterocycles. The van der Waals surface area contributed by atoms with Crippen LogP contribution in [0.4, 0.5) is 5.82 Å². The van der Waals surface area contributed by atoms with Crippen molar-refractivity contribution >= 4 is 28.4 Å². The van der Waals surface area contributed by atoms with Crippen molar-refractivity contribution in [2.24, 2.45) is 0 Å². The molecule has 0 atom stereocenters. The standard InChI is InChI=1S/C15H13N3OS.C7H15N/c1-20-9-6-7-12(13(19)8-9)14-10-4-2-3-5-11(10)15(16)18-17-14;1-2-8-6-4-3-5-7-8/h2-8,19H,1H3,(H2,16,18);2-7H2,1H3. The molecule has 0 aliphatic carbocycles. The Morgan fingerprint density at radius 1 is 1.04 bits per heavy atom. The second kappa shape index (κ2) is 9.75. The van der Waals surface area contributed by atoms with E-state index in [9.17, 15) is 5.11 Å². The molecule has 6 heteroatoms. The lowest BCUT2D eigenvalue weighted by Gasteiger charge is -2.24. The molecule has 3 N–H and O–H groups in total. The first-order valence-corrected chi connectivity index (χ1v) is 11.0. The van der Waals surface area contributed by atoms with Crippen molar-refractivity contribution in [1.82, 2.24) is 15.1 Å². The van der Waals surface area contributed by atoms with E-state index in [2.05, 4.69) is 22.0 Å². The van der Waals surface area contributed by atoms with Gasteiger partial charge in [0.1, 0.15) is 11.4 Å². The highest BCUT2D eigenvalue weighted by atomic mass is 32.2. The summed E-state index contributed by atoms with van der Waals surface area (Å²) in [7, 11) is 0. The Morgan fingerprint density at radius 3 is 2.36 bits per heavy atom. The highest BCUT2D eigenvalue weighted by Gasteiger charge is 2.12. The summed E-state index contributed by atoms with van der Waals surface area (Å²) in [6.07, 6.45) is 6.27. The topological polar surface area (TPSA) is 75.3 Å². The lowest BCUT2D eigenvalue weighted by atomic mass is 10.0. The maximum Gasteiger partial charge on any atom is 0.154 e. The first-order valence-electron chi connectivity index (χ1n) is 9.74. The molecule has 0 amide bonds. The Balaban J connectivity index is 0.000000236. The molecule has 0 radical (unpaired) electrons. The number of piperidine rings is 1. The number of nitrogens with two attached hydrogens (primary N) is 1. The Bertz CT molecular complexity index is 926. The number of hydrogen-bond donors (Lipinski definition) is 2. The quantitative estimate of drug-likeness (QED) is 0.620. The third-order valence-electron chi connectivity index (χ3n) is 5.07. The van der Waals surface area contributed by atoms with Gasteiger partial charge in [-0.05, 0) is 56.9 Å². The van der Waals surface area contributed by atoms with Crippen LogP contribution in [0.15, 0.2) is 47.4 Å². The average Bonchev–Trinajstić information content (AvgIpc) is 2.75. The minimum Gasteiger partial charge on any atom is -0.507 e. The predicted octanol–water partition coefficient (Wildman–Crippen LogP) is 4.80. The Labute approximate surface area is 171 Å². The molecule has 1 aliphatic rings. The summed E-state index contributed by atoms with van der Waals surface area (Å²) in [5, 5.41) is 20.0. The van der Waals surface area contributed by atoms with E-state index < -0.39 is 0 Å². The molecular weight excluding hydrogens is 368 g/mol. The van der Waals surface area contributed by atoms with Gasteiger partial charge in [0.25, 0.3) is 0 Å². The van der Waals surface area contributed by atoms with Gasteiger partial charge < -0.3 is 15.7 Å².